The van der Waals surface area contributed by atoms with Gasteiger partial charge in [-0.2, -0.15) is 0 Å². The van der Waals surface area contributed by atoms with Gasteiger partial charge in [-0.1, -0.05) is 60.7 Å². The van der Waals surface area contributed by atoms with Crippen LogP contribution >= 0.6 is 0 Å². The van der Waals surface area contributed by atoms with Crippen LogP contribution in [0, 0.1) is 0 Å². The number of benzene rings is 2. The molecule has 0 amide bonds. The van der Waals surface area contributed by atoms with Crippen molar-refractivity contribution in [2.24, 2.45) is 0 Å². The molecule has 28 heavy (non-hydrogen) atoms. The molecule has 0 aliphatic carbocycles. The van der Waals surface area contributed by atoms with Crippen molar-refractivity contribution >= 4 is 14.0 Å². The Morgan fingerprint density at radius 3 is 1.18 bits per heavy atom. The zero-order chi connectivity index (χ0) is 20.2. The van der Waals surface area contributed by atoms with Gasteiger partial charge in [-0.05, 0) is 52.7 Å². The van der Waals surface area contributed by atoms with E-state index in [4.69, 9.17) is 18.6 Å². The Balaban J connectivity index is 1.75. The molecule has 0 aromatic heterocycles. The molecular weight excluding hydrogens is 350 g/mol. The third-order valence-corrected chi connectivity index (χ3v) is 6.76. The Hall–Kier alpha value is -1.59. The van der Waals surface area contributed by atoms with Crippen molar-refractivity contribution < 1.29 is 18.6 Å². The van der Waals surface area contributed by atoms with Gasteiger partial charge in [-0.15, -0.1) is 0 Å². The van der Waals surface area contributed by atoms with E-state index in [1.54, 1.807) is 0 Å². The Morgan fingerprint density at radius 2 is 0.821 bits per heavy atom. The van der Waals surface area contributed by atoms with Gasteiger partial charge < -0.3 is 18.6 Å². The SMILES string of the molecule is CC1(C)OB(B2OC(C)(c3ccccc3)C(C)(c3ccccc3)O2)OC1(C)C. The molecule has 0 N–H and O–H groups in total. The quantitative estimate of drug-likeness (QED) is 0.736. The fourth-order valence-corrected chi connectivity index (χ4v) is 4.02. The van der Waals surface area contributed by atoms with Gasteiger partial charge in [0.15, 0.2) is 0 Å². The van der Waals surface area contributed by atoms with Gasteiger partial charge in [0.05, 0.1) is 11.2 Å². The first-order valence-corrected chi connectivity index (χ1v) is 9.91. The summed E-state index contributed by atoms with van der Waals surface area (Å²) in [5.74, 6) is 0. The minimum atomic E-state index is -0.704. The van der Waals surface area contributed by atoms with Crippen molar-refractivity contribution in [3.63, 3.8) is 0 Å². The summed E-state index contributed by atoms with van der Waals surface area (Å²) in [5.41, 5.74) is -0.188. The van der Waals surface area contributed by atoms with Crippen LogP contribution < -0.4 is 0 Å². The fourth-order valence-electron chi connectivity index (χ4n) is 4.02. The molecule has 2 unspecified atom stereocenters. The molecule has 2 atom stereocenters. The highest BCUT2D eigenvalue weighted by atomic mass is 16.7. The number of hydrogen-bond donors (Lipinski definition) is 0. The zero-order valence-corrected chi connectivity index (χ0v) is 17.6. The van der Waals surface area contributed by atoms with Crippen LogP contribution in [0.4, 0.5) is 0 Å². The summed E-state index contributed by atoms with van der Waals surface area (Å²) in [6.07, 6.45) is 0. The van der Waals surface area contributed by atoms with E-state index in [1.807, 2.05) is 64.1 Å². The average Bonchev–Trinajstić information content (AvgIpc) is 3.07. The molecule has 0 radical (unpaired) electrons. The predicted molar refractivity (Wildman–Crippen MR) is 112 cm³/mol. The van der Waals surface area contributed by atoms with Gasteiger partial charge in [0, 0.05) is 0 Å². The smallest absolute Gasteiger partial charge is 0.405 e. The Morgan fingerprint density at radius 1 is 0.500 bits per heavy atom. The fraction of sp³-hybridized carbons (Fsp3) is 0.455. The van der Waals surface area contributed by atoms with E-state index in [0.29, 0.717) is 0 Å². The molecule has 4 rings (SSSR count). The van der Waals surface area contributed by atoms with Crippen LogP contribution in [0.2, 0.25) is 0 Å². The molecule has 0 saturated carbocycles. The summed E-state index contributed by atoms with van der Waals surface area (Å²) >= 11 is 0. The molecule has 2 aliphatic heterocycles. The molecule has 146 valence electrons. The molecule has 4 nitrogen and oxygen atoms in total. The molecule has 2 aliphatic rings. The summed E-state index contributed by atoms with van der Waals surface area (Å²) in [5, 5.41) is 0. The highest BCUT2D eigenvalue weighted by Crippen LogP contribution is 2.52. The normalized spacial score (nSPS) is 31.4. The maximum absolute atomic E-state index is 6.60. The lowest BCUT2D eigenvalue weighted by Crippen LogP contribution is -2.42. The van der Waals surface area contributed by atoms with Crippen molar-refractivity contribution in [2.45, 2.75) is 63.9 Å². The Labute approximate surface area is 168 Å². The van der Waals surface area contributed by atoms with Crippen molar-refractivity contribution in [1.29, 1.82) is 0 Å². The highest BCUT2D eigenvalue weighted by Gasteiger charge is 2.66. The molecule has 2 fully saturated rings. The summed E-state index contributed by atoms with van der Waals surface area (Å²) < 4.78 is 25.7. The number of hydrogen-bond acceptors (Lipinski definition) is 4. The topological polar surface area (TPSA) is 36.9 Å². The van der Waals surface area contributed by atoms with Gasteiger partial charge in [0.1, 0.15) is 11.2 Å². The van der Waals surface area contributed by atoms with Gasteiger partial charge in [-0.25, -0.2) is 0 Å². The average molecular weight is 378 g/mol. The third-order valence-electron chi connectivity index (χ3n) is 6.76. The van der Waals surface area contributed by atoms with Gasteiger partial charge >= 0.3 is 14.0 Å². The van der Waals surface area contributed by atoms with Crippen molar-refractivity contribution in [3.8, 4) is 0 Å². The van der Waals surface area contributed by atoms with E-state index in [2.05, 4.69) is 38.1 Å². The minimum Gasteiger partial charge on any atom is -0.405 e. The monoisotopic (exact) mass is 378 g/mol. The van der Waals surface area contributed by atoms with Crippen molar-refractivity contribution in [3.05, 3.63) is 71.8 Å². The van der Waals surface area contributed by atoms with Crippen LogP contribution in [0.5, 0.6) is 0 Å². The molecular formula is C22H28B2O4. The van der Waals surface area contributed by atoms with Crippen LogP contribution in [0.15, 0.2) is 60.7 Å². The van der Waals surface area contributed by atoms with Crippen LogP contribution in [-0.2, 0) is 29.8 Å². The first-order chi connectivity index (χ1) is 13.1. The van der Waals surface area contributed by atoms with Crippen LogP contribution in [0.1, 0.15) is 52.7 Å². The van der Waals surface area contributed by atoms with E-state index >= 15 is 0 Å². The lowest BCUT2D eigenvalue weighted by Gasteiger charge is -2.40. The summed E-state index contributed by atoms with van der Waals surface area (Å²) in [4.78, 5) is 0. The maximum atomic E-state index is 6.60. The standard InChI is InChI=1S/C22H28B2O4/c1-19(2)20(3,4)26-23(25-19)24-27-21(5,17-13-9-7-10-14-17)22(6,28-24)18-15-11-8-12-16-18/h7-16H,1-6H3. The molecule has 2 saturated heterocycles. The largest absolute Gasteiger partial charge is 0.489 e. The van der Waals surface area contributed by atoms with E-state index in [-0.39, 0.29) is 0 Å². The van der Waals surface area contributed by atoms with Gasteiger partial charge in [0.25, 0.3) is 0 Å². The third kappa shape index (κ3) is 2.86. The zero-order valence-electron chi connectivity index (χ0n) is 17.6. The highest BCUT2D eigenvalue weighted by molar-refractivity contribution is 7.11. The van der Waals surface area contributed by atoms with Crippen LogP contribution in [0.25, 0.3) is 0 Å². The van der Waals surface area contributed by atoms with Crippen LogP contribution in [-0.4, -0.2) is 25.2 Å². The lowest BCUT2D eigenvalue weighted by molar-refractivity contribution is -0.0320. The Kier molecular flexibility index (Phi) is 4.55. The van der Waals surface area contributed by atoms with Crippen molar-refractivity contribution in [1.82, 2.24) is 0 Å². The summed E-state index contributed by atoms with van der Waals surface area (Å²) in [6.45, 7) is 12.3. The minimum absolute atomic E-state index is 0.445. The summed E-state index contributed by atoms with van der Waals surface area (Å²) in [7, 11) is -1.24. The maximum Gasteiger partial charge on any atom is 0.489 e. The molecule has 2 aromatic carbocycles. The van der Waals surface area contributed by atoms with Crippen molar-refractivity contribution in [2.75, 3.05) is 0 Å². The first kappa shape index (κ1) is 19.7. The Bertz CT molecular complexity index is 773. The second-order valence-corrected chi connectivity index (χ2v) is 9.03. The molecule has 6 heteroatoms. The molecule has 2 heterocycles. The second-order valence-electron chi connectivity index (χ2n) is 9.03. The van der Waals surface area contributed by atoms with E-state index < -0.39 is 36.4 Å². The molecule has 0 spiro atoms. The van der Waals surface area contributed by atoms with E-state index in [9.17, 15) is 0 Å². The van der Waals surface area contributed by atoms with Gasteiger partial charge in [0.2, 0.25) is 0 Å². The number of rotatable bonds is 3. The van der Waals surface area contributed by atoms with E-state index in [0.717, 1.165) is 11.1 Å². The lowest BCUT2D eigenvalue weighted by atomic mass is 9.49. The first-order valence-electron chi connectivity index (χ1n) is 9.91. The van der Waals surface area contributed by atoms with Gasteiger partial charge in [-0.3, -0.25) is 0 Å². The summed E-state index contributed by atoms with van der Waals surface area (Å²) in [6, 6.07) is 20.4. The van der Waals surface area contributed by atoms with E-state index in [1.165, 1.54) is 0 Å². The predicted octanol–water partition coefficient (Wildman–Crippen LogP) is 4.52. The second kappa shape index (κ2) is 6.46. The molecule has 0 bridgehead atoms. The molecule has 2 aromatic rings. The van der Waals surface area contributed by atoms with Crippen LogP contribution in [0.3, 0.4) is 0 Å².